The number of halogens is 2. The number of aliphatic hydroxyl groups excluding tert-OH is 2. The van der Waals surface area contributed by atoms with E-state index in [0.29, 0.717) is 11.4 Å². The molecule has 2 saturated heterocycles. The van der Waals surface area contributed by atoms with Gasteiger partial charge in [0.05, 0.1) is 72.3 Å². The molecule has 338 valence electrons. The van der Waals surface area contributed by atoms with Gasteiger partial charge in [0.2, 0.25) is 5.78 Å². The minimum atomic E-state index is -2.42. The highest BCUT2D eigenvalue weighted by Gasteiger charge is 2.50. The molecular formula is C43H42F2N4O15. The highest BCUT2D eigenvalue weighted by Crippen LogP contribution is 2.53. The van der Waals surface area contributed by atoms with Crippen molar-refractivity contribution >= 4 is 40.7 Å². The second-order valence-electron chi connectivity index (χ2n) is 15.8. The molecule has 0 saturated carbocycles. The van der Waals surface area contributed by atoms with E-state index in [2.05, 4.69) is 5.10 Å². The molecule has 0 aromatic heterocycles. The maximum atomic E-state index is 15.3. The van der Waals surface area contributed by atoms with Crippen molar-refractivity contribution in [2.24, 2.45) is 5.10 Å². The van der Waals surface area contributed by atoms with Crippen molar-refractivity contribution in [3.05, 3.63) is 93.1 Å². The smallest absolute Gasteiger partial charge is 0.274 e. The Labute approximate surface area is 362 Å². The monoisotopic (exact) mass is 892 g/mol. The number of hydrazone groups is 1. The van der Waals surface area contributed by atoms with Crippen molar-refractivity contribution in [3.63, 3.8) is 0 Å². The predicted octanol–water partition coefficient (Wildman–Crippen LogP) is 1.27. The molecule has 7 atom stereocenters. The summed E-state index contributed by atoms with van der Waals surface area (Å²) in [7, 11) is 2.76. The number of aliphatic hydroxyl groups is 3. The largest absolute Gasteiger partial charge is 0.507 e. The molecule has 0 bridgehead atoms. The number of hydrogen-bond acceptors (Lipinski definition) is 17. The zero-order valence-corrected chi connectivity index (χ0v) is 34.4. The Hall–Kier alpha value is -6.04. The zero-order chi connectivity index (χ0) is 45.9. The third-order valence-electron chi connectivity index (χ3n) is 12.2. The molecule has 3 amide bonds. The van der Waals surface area contributed by atoms with E-state index in [-0.39, 0.29) is 47.6 Å². The second-order valence-corrected chi connectivity index (χ2v) is 15.8. The van der Waals surface area contributed by atoms with Crippen molar-refractivity contribution in [3.8, 4) is 17.2 Å². The number of carbonyl (C=O) groups is 5. The fourth-order valence-electron chi connectivity index (χ4n) is 8.99. The molecule has 3 aromatic carbocycles. The number of carbonyl (C=O) groups excluding carboxylic acids is 5. The molecule has 19 nitrogen and oxygen atoms in total. The molecule has 3 aromatic rings. The van der Waals surface area contributed by atoms with Crippen LogP contribution in [0.15, 0.2) is 47.6 Å². The Kier molecular flexibility index (Phi) is 11.9. The molecule has 21 heteroatoms. The molecule has 1 unspecified atom stereocenters. The average Bonchev–Trinajstić information content (AvgIpc) is 3.61. The first kappa shape index (κ1) is 44.6. The van der Waals surface area contributed by atoms with Crippen molar-refractivity contribution in [2.75, 3.05) is 45.4 Å². The molecule has 3 heterocycles. The van der Waals surface area contributed by atoms with Crippen molar-refractivity contribution in [1.29, 1.82) is 0 Å². The third-order valence-corrected chi connectivity index (χ3v) is 12.2. The van der Waals surface area contributed by atoms with Crippen LogP contribution < -0.4 is 15.1 Å². The number of nitrogens with one attached hydrogen (secondary N) is 1. The Morgan fingerprint density at radius 1 is 0.984 bits per heavy atom. The van der Waals surface area contributed by atoms with Crippen LogP contribution in [0.3, 0.4) is 0 Å². The van der Waals surface area contributed by atoms with Gasteiger partial charge in [0, 0.05) is 74.3 Å². The number of morpholine rings is 1. The topological polar surface area (TPSA) is 264 Å². The summed E-state index contributed by atoms with van der Waals surface area (Å²) in [6, 6.07) is 5.24. The molecule has 6 N–H and O–H groups in total. The Morgan fingerprint density at radius 2 is 1.70 bits per heavy atom. The number of methoxy groups -OCH3 is 2. The van der Waals surface area contributed by atoms with Crippen LogP contribution in [0.2, 0.25) is 0 Å². The molecule has 0 radical (unpaired) electrons. The molecule has 5 aliphatic rings. The Morgan fingerprint density at radius 3 is 2.39 bits per heavy atom. The number of hydrogen-bond donors (Lipinski definition) is 6. The quantitative estimate of drug-likeness (QED) is 0.0567. The SMILES string of the molecule is COc1cccc2c1C(=O)c1c(O)c3c(c(O)c1C2=O)C[C@@](O)(/C(CO)=N/NC(=O)c1ccc(N2C(=O)C=CC2=O)c(F)c1F)C[C@@H]3O[C@H]1CC(N2CCO[C@H](OC)C2)[C@H](O)[C@H](C)O1. The first-order chi connectivity index (χ1) is 30.5. The van der Waals surface area contributed by atoms with Gasteiger partial charge in [-0.1, -0.05) is 12.1 Å². The lowest BCUT2D eigenvalue weighted by Crippen LogP contribution is -2.59. The van der Waals surface area contributed by atoms with E-state index in [4.69, 9.17) is 23.7 Å². The molecule has 8 rings (SSSR count). The van der Waals surface area contributed by atoms with Gasteiger partial charge in [0.25, 0.3) is 17.7 Å². The molecule has 3 aliphatic heterocycles. The third kappa shape index (κ3) is 7.42. The molecule has 64 heavy (non-hydrogen) atoms. The van der Waals surface area contributed by atoms with Gasteiger partial charge >= 0.3 is 0 Å². The fraction of sp³-hybridized carbons (Fsp3) is 0.395. The number of phenolic OH excluding ortho intramolecular Hbond substituents is 2. The number of aromatic hydroxyl groups is 2. The number of phenols is 2. The van der Waals surface area contributed by atoms with Gasteiger partial charge in [-0.15, -0.1) is 0 Å². The van der Waals surface area contributed by atoms with Crippen molar-refractivity contribution in [2.45, 2.75) is 68.7 Å². The van der Waals surface area contributed by atoms with Crippen LogP contribution in [0.25, 0.3) is 0 Å². The summed E-state index contributed by atoms with van der Waals surface area (Å²) in [5.74, 6) is -10.1. The lowest BCUT2D eigenvalue weighted by molar-refractivity contribution is -0.265. The van der Waals surface area contributed by atoms with Gasteiger partial charge < -0.3 is 49.2 Å². The second kappa shape index (κ2) is 17.2. The zero-order valence-electron chi connectivity index (χ0n) is 34.4. The summed E-state index contributed by atoms with van der Waals surface area (Å²) in [5, 5.41) is 62.2. The van der Waals surface area contributed by atoms with E-state index in [1.54, 1.807) is 6.92 Å². The first-order valence-electron chi connectivity index (χ1n) is 20.0. The molecule has 2 aliphatic carbocycles. The van der Waals surface area contributed by atoms with Gasteiger partial charge in [0.15, 0.2) is 30.0 Å². The Bertz CT molecular complexity index is 2530. The molecule has 2 fully saturated rings. The van der Waals surface area contributed by atoms with Crippen molar-refractivity contribution < 1.29 is 82.0 Å². The van der Waals surface area contributed by atoms with Crippen LogP contribution >= 0.6 is 0 Å². The van der Waals surface area contributed by atoms with Crippen LogP contribution in [0.1, 0.15) is 79.2 Å². The van der Waals surface area contributed by atoms with Crippen LogP contribution in [0.5, 0.6) is 17.2 Å². The summed E-state index contributed by atoms with van der Waals surface area (Å²) in [6.45, 7) is 1.48. The number of benzene rings is 3. The molecule has 0 spiro atoms. The number of fused-ring (bicyclic) bond motifs is 3. The highest BCUT2D eigenvalue weighted by atomic mass is 19.2. The summed E-state index contributed by atoms with van der Waals surface area (Å²) in [4.78, 5) is 68.0. The van der Waals surface area contributed by atoms with E-state index in [1.807, 2.05) is 10.3 Å². The van der Waals surface area contributed by atoms with Crippen LogP contribution in [0, 0.1) is 11.6 Å². The van der Waals surface area contributed by atoms with Gasteiger partial charge in [-0.3, -0.25) is 28.9 Å². The van der Waals surface area contributed by atoms with Gasteiger partial charge in [-0.2, -0.15) is 5.10 Å². The first-order valence-corrected chi connectivity index (χ1v) is 20.0. The normalized spacial score (nSPS) is 27.1. The van der Waals surface area contributed by atoms with Gasteiger partial charge in [0.1, 0.15) is 22.8 Å². The average molecular weight is 893 g/mol. The maximum Gasteiger partial charge on any atom is 0.274 e. The van der Waals surface area contributed by atoms with E-state index < -0.39 is 142 Å². The van der Waals surface area contributed by atoms with E-state index >= 15 is 8.78 Å². The van der Waals surface area contributed by atoms with E-state index in [9.17, 15) is 49.5 Å². The number of rotatable bonds is 10. The maximum absolute atomic E-state index is 15.3. The van der Waals surface area contributed by atoms with Gasteiger partial charge in [-0.25, -0.2) is 19.1 Å². The number of nitrogens with zero attached hydrogens (tertiary/aromatic N) is 3. The number of anilines is 1. The number of ether oxygens (including phenoxy) is 5. The van der Waals surface area contributed by atoms with Crippen LogP contribution in [-0.2, 0) is 35.0 Å². The summed E-state index contributed by atoms with van der Waals surface area (Å²) >= 11 is 0. The predicted molar refractivity (Wildman–Crippen MR) is 214 cm³/mol. The lowest BCUT2D eigenvalue weighted by atomic mass is 9.71. The fourth-order valence-corrected chi connectivity index (χ4v) is 8.99. The minimum absolute atomic E-state index is 0.000385. The standard InChI is InChI=1S/C43H42F2N4O15/c1-18-37(53)23(48-11-12-62-30(16-48)61-3)13-29(63-18)64-25-15-43(59,26(17-50)46-47-42(58)20-7-8-22(36(45)35(20)44)49-27(51)9-10-28(49)52)14-21-32(25)41(57)34-33(39(21)55)38(54)19-5-4-6-24(60-2)31(19)40(34)56/h4-10,18,23,25,29-30,37,50,53,55,57,59H,11-17H2,1-3H3,(H,47,58)/b46-26+/t18-,23?,25-,29-,30-,37+,43-/m0/s1. The summed E-state index contributed by atoms with van der Waals surface area (Å²) in [6.07, 6.45) is -4.87. The lowest BCUT2D eigenvalue weighted by Gasteiger charge is -2.47. The number of amides is 3. The van der Waals surface area contributed by atoms with Gasteiger partial charge in [-0.05, 0) is 25.1 Å². The summed E-state index contributed by atoms with van der Waals surface area (Å²) in [5.41, 5.74) is -4.80. The number of imide groups is 1. The summed E-state index contributed by atoms with van der Waals surface area (Å²) < 4.78 is 59.4. The minimum Gasteiger partial charge on any atom is -0.507 e. The van der Waals surface area contributed by atoms with E-state index in [1.165, 1.54) is 32.4 Å². The highest BCUT2D eigenvalue weighted by molar-refractivity contribution is 6.31. The van der Waals surface area contributed by atoms with Crippen LogP contribution in [0.4, 0.5) is 14.5 Å². The molecular weight excluding hydrogens is 850 g/mol. The number of ketones is 2. The van der Waals surface area contributed by atoms with Crippen LogP contribution in [-0.4, -0.2) is 142 Å². The Balaban J connectivity index is 1.17. The van der Waals surface area contributed by atoms with Crippen molar-refractivity contribution in [1.82, 2.24) is 10.3 Å². The van der Waals surface area contributed by atoms with E-state index in [0.717, 1.165) is 24.3 Å².